The van der Waals surface area contributed by atoms with Gasteiger partial charge in [0.15, 0.2) is 0 Å². The number of aromatic nitrogens is 2. The van der Waals surface area contributed by atoms with Gasteiger partial charge in [0.25, 0.3) is 11.8 Å². The molecule has 3 heterocycles. The van der Waals surface area contributed by atoms with Gasteiger partial charge < -0.3 is 4.42 Å². The molecule has 2 atom stereocenters. The van der Waals surface area contributed by atoms with Gasteiger partial charge in [-0.3, -0.25) is 10.1 Å². The molecule has 1 aromatic carbocycles. The Morgan fingerprint density at radius 2 is 1.81 bits per heavy atom. The number of rotatable bonds is 5. The zero-order valence-electron chi connectivity index (χ0n) is 16.9. The van der Waals surface area contributed by atoms with Crippen LogP contribution in [0.4, 0.5) is 6.01 Å². The summed E-state index contributed by atoms with van der Waals surface area (Å²) in [6, 6.07) is 9.23. The van der Waals surface area contributed by atoms with E-state index >= 15 is 0 Å². The molecule has 1 amide bonds. The summed E-state index contributed by atoms with van der Waals surface area (Å²) in [5.41, 5.74) is 0.276. The standard InChI is InChI=1S/C20H21ClN4O4S2/c1-12-9-13(2)11-25(10-12)31(27,28)15-5-3-14(4-6-15)18(26)22-20-24-23-19(29-20)16-7-8-17(21)30-16/h3-8,12-13H,9-11H2,1-2H3,(H,22,24,26)/t12-,13-/m0/s1. The zero-order valence-corrected chi connectivity index (χ0v) is 19.3. The summed E-state index contributed by atoms with van der Waals surface area (Å²) in [7, 11) is -3.60. The molecule has 0 bridgehead atoms. The number of carbonyl (C=O) groups is 1. The second-order valence-electron chi connectivity index (χ2n) is 7.76. The summed E-state index contributed by atoms with van der Waals surface area (Å²) in [6.07, 6.45) is 1.02. The molecule has 1 N–H and O–H groups in total. The van der Waals surface area contributed by atoms with E-state index in [9.17, 15) is 13.2 Å². The first-order chi connectivity index (χ1) is 14.7. The van der Waals surface area contributed by atoms with Gasteiger partial charge in [0.05, 0.1) is 14.1 Å². The van der Waals surface area contributed by atoms with E-state index in [1.807, 2.05) is 0 Å². The molecule has 0 unspecified atom stereocenters. The molecule has 0 radical (unpaired) electrons. The van der Waals surface area contributed by atoms with Crippen molar-refractivity contribution in [2.45, 2.75) is 25.2 Å². The molecular formula is C20H21ClN4O4S2. The lowest BCUT2D eigenvalue weighted by Crippen LogP contribution is -2.42. The van der Waals surface area contributed by atoms with E-state index in [4.69, 9.17) is 16.0 Å². The Hall–Kier alpha value is -2.27. The minimum Gasteiger partial charge on any atom is -0.402 e. The fourth-order valence-electron chi connectivity index (χ4n) is 3.70. The maximum Gasteiger partial charge on any atom is 0.322 e. The van der Waals surface area contributed by atoms with Crippen molar-refractivity contribution in [3.05, 3.63) is 46.3 Å². The predicted molar refractivity (Wildman–Crippen MR) is 119 cm³/mol. The summed E-state index contributed by atoms with van der Waals surface area (Å²) in [5.74, 6) is 0.392. The van der Waals surface area contributed by atoms with Crippen molar-refractivity contribution in [3.8, 4) is 10.8 Å². The van der Waals surface area contributed by atoms with E-state index in [1.165, 1.54) is 39.9 Å². The highest BCUT2D eigenvalue weighted by molar-refractivity contribution is 7.89. The van der Waals surface area contributed by atoms with Gasteiger partial charge in [-0.05, 0) is 54.7 Å². The molecule has 164 valence electrons. The molecule has 0 saturated carbocycles. The Kier molecular flexibility index (Phi) is 6.16. The number of amides is 1. The van der Waals surface area contributed by atoms with Crippen LogP contribution in [0.3, 0.4) is 0 Å². The fraction of sp³-hybridized carbons (Fsp3) is 0.350. The van der Waals surface area contributed by atoms with E-state index < -0.39 is 15.9 Å². The third kappa shape index (κ3) is 4.82. The number of hydrogen-bond acceptors (Lipinski definition) is 7. The SMILES string of the molecule is C[C@H]1C[C@H](C)CN(S(=O)(=O)c2ccc(C(=O)Nc3nnc(-c4ccc(Cl)s4)o3)cc2)C1. The van der Waals surface area contributed by atoms with Crippen molar-refractivity contribution in [3.63, 3.8) is 0 Å². The van der Waals surface area contributed by atoms with Crippen LogP contribution < -0.4 is 5.32 Å². The number of benzene rings is 1. The molecule has 1 aliphatic heterocycles. The molecule has 1 fully saturated rings. The highest BCUT2D eigenvalue weighted by Crippen LogP contribution is 2.31. The van der Waals surface area contributed by atoms with Gasteiger partial charge in [-0.25, -0.2) is 8.42 Å². The molecular weight excluding hydrogens is 460 g/mol. The first kappa shape index (κ1) is 21.9. The van der Waals surface area contributed by atoms with Gasteiger partial charge in [-0.1, -0.05) is 30.5 Å². The minimum absolute atomic E-state index is 0.0579. The minimum atomic E-state index is -3.60. The highest BCUT2D eigenvalue weighted by Gasteiger charge is 2.31. The molecule has 11 heteroatoms. The van der Waals surface area contributed by atoms with Crippen LogP contribution in [-0.2, 0) is 10.0 Å². The quantitative estimate of drug-likeness (QED) is 0.581. The number of thiophene rings is 1. The van der Waals surface area contributed by atoms with Gasteiger partial charge in [0.2, 0.25) is 10.0 Å². The topological polar surface area (TPSA) is 105 Å². The van der Waals surface area contributed by atoms with Crippen LogP contribution >= 0.6 is 22.9 Å². The van der Waals surface area contributed by atoms with Gasteiger partial charge in [0.1, 0.15) is 0 Å². The largest absolute Gasteiger partial charge is 0.402 e. The van der Waals surface area contributed by atoms with Gasteiger partial charge in [-0.15, -0.1) is 16.4 Å². The highest BCUT2D eigenvalue weighted by atomic mass is 35.5. The molecule has 0 spiro atoms. The van der Waals surface area contributed by atoms with Crippen molar-refractivity contribution in [2.24, 2.45) is 11.8 Å². The number of anilines is 1. The first-order valence-corrected chi connectivity index (χ1v) is 12.4. The third-order valence-electron chi connectivity index (χ3n) is 5.02. The van der Waals surface area contributed by atoms with Crippen LogP contribution in [0.5, 0.6) is 0 Å². The summed E-state index contributed by atoms with van der Waals surface area (Å²) in [6.45, 7) is 5.12. The van der Waals surface area contributed by atoms with E-state index in [1.54, 1.807) is 12.1 Å². The smallest absolute Gasteiger partial charge is 0.322 e. The van der Waals surface area contributed by atoms with E-state index in [2.05, 4.69) is 29.4 Å². The van der Waals surface area contributed by atoms with Crippen LogP contribution in [0, 0.1) is 11.8 Å². The van der Waals surface area contributed by atoms with E-state index in [-0.39, 0.29) is 22.4 Å². The summed E-state index contributed by atoms with van der Waals surface area (Å²) in [5, 5.41) is 10.2. The van der Waals surface area contributed by atoms with Crippen molar-refractivity contribution < 1.29 is 17.6 Å². The molecule has 1 aliphatic rings. The maximum atomic E-state index is 13.0. The fourth-order valence-corrected chi connectivity index (χ4v) is 6.35. The molecule has 4 rings (SSSR count). The number of piperidine rings is 1. The summed E-state index contributed by atoms with van der Waals surface area (Å²) in [4.78, 5) is 13.4. The molecule has 31 heavy (non-hydrogen) atoms. The monoisotopic (exact) mass is 480 g/mol. The molecule has 8 nitrogen and oxygen atoms in total. The number of nitrogens with one attached hydrogen (secondary N) is 1. The average molecular weight is 481 g/mol. The second kappa shape index (κ2) is 8.70. The molecule has 1 saturated heterocycles. The molecule has 2 aromatic heterocycles. The zero-order chi connectivity index (χ0) is 22.2. The van der Waals surface area contributed by atoms with Crippen LogP contribution in [0.15, 0.2) is 45.7 Å². The Bertz CT molecular complexity index is 1180. The normalized spacial score (nSPS) is 20.0. The van der Waals surface area contributed by atoms with Gasteiger partial charge in [0, 0.05) is 18.7 Å². The average Bonchev–Trinajstić information content (AvgIpc) is 3.36. The number of hydrogen-bond donors (Lipinski definition) is 1. The van der Waals surface area contributed by atoms with Crippen molar-refractivity contribution in [1.82, 2.24) is 14.5 Å². The first-order valence-electron chi connectivity index (χ1n) is 9.73. The van der Waals surface area contributed by atoms with Crippen LogP contribution in [0.2, 0.25) is 4.34 Å². The number of nitrogens with zero attached hydrogens (tertiary/aromatic N) is 3. The lowest BCUT2D eigenvalue weighted by atomic mass is 9.94. The van der Waals surface area contributed by atoms with Crippen LogP contribution in [-0.4, -0.2) is 41.9 Å². The van der Waals surface area contributed by atoms with Crippen molar-refractivity contribution in [1.29, 1.82) is 0 Å². The van der Waals surface area contributed by atoms with Crippen LogP contribution in [0.1, 0.15) is 30.6 Å². The predicted octanol–water partition coefficient (Wildman–Crippen LogP) is 4.37. The van der Waals surface area contributed by atoms with Gasteiger partial charge >= 0.3 is 6.01 Å². The van der Waals surface area contributed by atoms with E-state index in [0.29, 0.717) is 34.1 Å². The number of sulfonamides is 1. The summed E-state index contributed by atoms with van der Waals surface area (Å²) >= 11 is 7.18. The van der Waals surface area contributed by atoms with Crippen LogP contribution in [0.25, 0.3) is 10.8 Å². The Morgan fingerprint density at radius 3 is 2.42 bits per heavy atom. The molecule has 0 aliphatic carbocycles. The lowest BCUT2D eigenvalue weighted by molar-refractivity contribution is 0.102. The van der Waals surface area contributed by atoms with Gasteiger partial charge in [-0.2, -0.15) is 4.31 Å². The molecule has 3 aromatic rings. The Morgan fingerprint density at radius 1 is 1.13 bits per heavy atom. The summed E-state index contributed by atoms with van der Waals surface area (Å²) < 4.78 is 33.5. The number of halogens is 1. The van der Waals surface area contributed by atoms with Crippen molar-refractivity contribution in [2.75, 3.05) is 18.4 Å². The maximum absolute atomic E-state index is 13.0. The van der Waals surface area contributed by atoms with E-state index in [0.717, 1.165) is 6.42 Å². The Balaban J connectivity index is 1.45. The Labute approximate surface area is 189 Å². The lowest BCUT2D eigenvalue weighted by Gasteiger charge is -2.34. The third-order valence-corrected chi connectivity index (χ3v) is 8.08. The second-order valence-corrected chi connectivity index (χ2v) is 11.4. The van der Waals surface area contributed by atoms with Crippen molar-refractivity contribution >= 4 is 44.9 Å². The number of carbonyl (C=O) groups excluding carboxylic acids is 1.